The summed E-state index contributed by atoms with van der Waals surface area (Å²) in [6.07, 6.45) is 6.98. The van der Waals surface area contributed by atoms with Gasteiger partial charge in [0.1, 0.15) is 0 Å². The maximum absolute atomic E-state index is 12.7. The number of para-hydroxylation sites is 2. The molecule has 28 heavy (non-hydrogen) atoms. The molecule has 0 bridgehead atoms. The lowest BCUT2D eigenvalue weighted by molar-refractivity contribution is -0.130. The van der Waals surface area contributed by atoms with Crippen LogP contribution >= 0.6 is 0 Å². The number of nitrogens with zero attached hydrogens (tertiary/aromatic N) is 2. The van der Waals surface area contributed by atoms with Gasteiger partial charge in [-0.25, -0.2) is 0 Å². The van der Waals surface area contributed by atoms with E-state index in [1.54, 1.807) is 0 Å². The molecule has 3 aromatic rings. The van der Waals surface area contributed by atoms with E-state index in [1.165, 1.54) is 40.6 Å². The highest BCUT2D eigenvalue weighted by Crippen LogP contribution is 2.26. The van der Waals surface area contributed by atoms with Crippen molar-refractivity contribution in [1.29, 1.82) is 0 Å². The number of benzene rings is 2. The largest absolute Gasteiger partial charge is 0.371 e. The Kier molecular flexibility index (Phi) is 5.65. The normalized spacial score (nSPS) is 14.0. The average molecular weight is 376 g/mol. The Bertz CT molecular complexity index is 940. The van der Waals surface area contributed by atoms with E-state index in [-0.39, 0.29) is 5.91 Å². The van der Waals surface area contributed by atoms with Crippen LogP contribution in [0.25, 0.3) is 10.9 Å². The molecule has 0 saturated carbocycles. The molecular formula is C24H29N3O. The Balaban J connectivity index is 1.33. The number of aromatic nitrogens is 1. The molecule has 4 heteroatoms. The van der Waals surface area contributed by atoms with E-state index >= 15 is 0 Å². The Hall–Kier alpha value is -2.75. The molecule has 4 nitrogen and oxygen atoms in total. The van der Waals surface area contributed by atoms with E-state index in [4.69, 9.17) is 0 Å². The second kappa shape index (κ2) is 8.51. The number of nitrogens with one attached hydrogen (secondary N) is 1. The molecular weight excluding hydrogens is 346 g/mol. The van der Waals surface area contributed by atoms with E-state index in [0.717, 1.165) is 25.9 Å². The van der Waals surface area contributed by atoms with Crippen LogP contribution in [0.4, 0.5) is 5.69 Å². The number of hydrogen-bond acceptors (Lipinski definition) is 2. The summed E-state index contributed by atoms with van der Waals surface area (Å²) in [6.45, 7) is 2.93. The summed E-state index contributed by atoms with van der Waals surface area (Å²) < 4.78 is 0. The molecule has 2 aromatic carbocycles. The molecule has 1 amide bonds. The zero-order valence-corrected chi connectivity index (χ0v) is 16.7. The fourth-order valence-electron chi connectivity index (χ4n) is 4.21. The molecule has 1 aliphatic heterocycles. The van der Waals surface area contributed by atoms with Gasteiger partial charge in [-0.15, -0.1) is 0 Å². The van der Waals surface area contributed by atoms with Gasteiger partial charge in [-0.05, 0) is 48.9 Å². The van der Waals surface area contributed by atoms with Crippen molar-refractivity contribution in [2.75, 3.05) is 25.0 Å². The van der Waals surface area contributed by atoms with Crippen molar-refractivity contribution >= 4 is 22.5 Å². The molecule has 0 radical (unpaired) electrons. The first-order chi connectivity index (χ1) is 13.7. The minimum absolute atomic E-state index is 0.219. The molecule has 0 aliphatic carbocycles. The quantitative estimate of drug-likeness (QED) is 0.647. The van der Waals surface area contributed by atoms with E-state index < -0.39 is 0 Å². The Morgan fingerprint density at radius 1 is 1.04 bits per heavy atom. The SMILES string of the molecule is CN(Cc1ccccc1N1CCCC1)C(=O)CCCc1c[nH]c2ccccc12. The van der Waals surface area contributed by atoms with Crippen LogP contribution in [0.3, 0.4) is 0 Å². The number of anilines is 1. The standard InChI is InChI=1S/C24H29N3O/c1-26(18-20-9-2-5-13-23(20)27-15-6-7-16-27)24(28)14-8-10-19-17-25-22-12-4-3-11-21(19)22/h2-5,9,11-13,17,25H,6-8,10,14-16,18H2,1H3. The van der Waals surface area contributed by atoms with Crippen molar-refractivity contribution in [3.8, 4) is 0 Å². The topological polar surface area (TPSA) is 39.3 Å². The molecule has 1 N–H and O–H groups in total. The molecule has 1 fully saturated rings. The van der Waals surface area contributed by atoms with Crippen LogP contribution in [0.2, 0.25) is 0 Å². The van der Waals surface area contributed by atoms with Crippen molar-refractivity contribution in [1.82, 2.24) is 9.88 Å². The van der Waals surface area contributed by atoms with Gasteiger partial charge in [0.15, 0.2) is 0 Å². The smallest absolute Gasteiger partial charge is 0.222 e. The third kappa shape index (κ3) is 4.06. The Labute approximate surface area is 167 Å². The lowest BCUT2D eigenvalue weighted by atomic mass is 10.1. The van der Waals surface area contributed by atoms with Crippen LogP contribution in [0, 0.1) is 0 Å². The predicted octanol–water partition coefficient (Wildman–Crippen LogP) is 4.75. The van der Waals surface area contributed by atoms with Crippen molar-refractivity contribution in [2.24, 2.45) is 0 Å². The van der Waals surface area contributed by atoms with Gasteiger partial charge in [-0.1, -0.05) is 36.4 Å². The fourth-order valence-corrected chi connectivity index (χ4v) is 4.21. The predicted molar refractivity (Wildman–Crippen MR) is 116 cm³/mol. The first-order valence-corrected chi connectivity index (χ1v) is 10.3. The summed E-state index contributed by atoms with van der Waals surface area (Å²) in [6, 6.07) is 16.9. The Morgan fingerprint density at radius 3 is 2.64 bits per heavy atom. The van der Waals surface area contributed by atoms with Crippen molar-refractivity contribution < 1.29 is 4.79 Å². The third-order valence-electron chi connectivity index (χ3n) is 5.78. The minimum Gasteiger partial charge on any atom is -0.371 e. The zero-order valence-electron chi connectivity index (χ0n) is 16.7. The van der Waals surface area contributed by atoms with Gasteiger partial charge in [0.25, 0.3) is 0 Å². The second-order valence-electron chi connectivity index (χ2n) is 7.79. The van der Waals surface area contributed by atoms with Crippen LogP contribution in [-0.4, -0.2) is 35.9 Å². The van der Waals surface area contributed by atoms with Crippen LogP contribution in [0.15, 0.2) is 54.7 Å². The molecule has 1 aliphatic rings. The summed E-state index contributed by atoms with van der Waals surface area (Å²) in [5.41, 5.74) is 5.00. The summed E-state index contributed by atoms with van der Waals surface area (Å²) in [5, 5.41) is 1.27. The molecule has 1 saturated heterocycles. The number of rotatable bonds is 7. The zero-order chi connectivity index (χ0) is 19.3. The van der Waals surface area contributed by atoms with Crippen molar-refractivity contribution in [2.45, 2.75) is 38.6 Å². The average Bonchev–Trinajstić information content (AvgIpc) is 3.39. The maximum Gasteiger partial charge on any atom is 0.222 e. The summed E-state index contributed by atoms with van der Waals surface area (Å²) in [4.78, 5) is 20.3. The van der Waals surface area contributed by atoms with Gasteiger partial charge < -0.3 is 14.8 Å². The fraction of sp³-hybridized carbons (Fsp3) is 0.375. The molecule has 0 atom stereocenters. The first-order valence-electron chi connectivity index (χ1n) is 10.3. The third-order valence-corrected chi connectivity index (χ3v) is 5.78. The van der Waals surface area contributed by atoms with Gasteiger partial charge >= 0.3 is 0 Å². The van der Waals surface area contributed by atoms with Gasteiger partial charge in [0.05, 0.1) is 0 Å². The van der Waals surface area contributed by atoms with E-state index in [1.807, 2.05) is 18.0 Å². The van der Waals surface area contributed by atoms with Crippen LogP contribution in [0.1, 0.15) is 36.8 Å². The number of amides is 1. The maximum atomic E-state index is 12.7. The van der Waals surface area contributed by atoms with Crippen LogP contribution < -0.4 is 4.90 Å². The van der Waals surface area contributed by atoms with Gasteiger partial charge in [-0.3, -0.25) is 4.79 Å². The summed E-state index contributed by atoms with van der Waals surface area (Å²) >= 11 is 0. The van der Waals surface area contributed by atoms with E-state index in [2.05, 4.69) is 58.5 Å². The molecule has 0 spiro atoms. The summed E-state index contributed by atoms with van der Waals surface area (Å²) in [5.74, 6) is 0.219. The number of hydrogen-bond donors (Lipinski definition) is 1. The lowest BCUT2D eigenvalue weighted by Gasteiger charge is -2.24. The Morgan fingerprint density at radius 2 is 1.79 bits per heavy atom. The van der Waals surface area contributed by atoms with Gasteiger partial charge in [0, 0.05) is 55.9 Å². The number of fused-ring (bicyclic) bond motifs is 1. The number of H-pyrrole nitrogens is 1. The molecule has 4 rings (SSSR count). The number of carbonyl (C=O) groups excluding carboxylic acids is 1. The molecule has 0 unspecified atom stereocenters. The minimum atomic E-state index is 0.219. The van der Waals surface area contributed by atoms with Gasteiger partial charge in [0.2, 0.25) is 5.91 Å². The summed E-state index contributed by atoms with van der Waals surface area (Å²) in [7, 11) is 1.93. The highest BCUT2D eigenvalue weighted by atomic mass is 16.2. The van der Waals surface area contributed by atoms with E-state index in [0.29, 0.717) is 13.0 Å². The number of carbonyl (C=O) groups is 1. The van der Waals surface area contributed by atoms with Crippen LogP contribution in [-0.2, 0) is 17.8 Å². The number of aromatic amines is 1. The molecule has 146 valence electrons. The lowest BCUT2D eigenvalue weighted by Crippen LogP contribution is -2.27. The monoisotopic (exact) mass is 375 g/mol. The van der Waals surface area contributed by atoms with Gasteiger partial charge in [-0.2, -0.15) is 0 Å². The van der Waals surface area contributed by atoms with Crippen LogP contribution in [0.5, 0.6) is 0 Å². The second-order valence-corrected chi connectivity index (χ2v) is 7.79. The first kappa shape index (κ1) is 18.6. The van der Waals surface area contributed by atoms with E-state index in [9.17, 15) is 4.79 Å². The van der Waals surface area contributed by atoms with Crippen molar-refractivity contribution in [3.05, 3.63) is 65.9 Å². The molecule has 1 aromatic heterocycles. The molecule has 2 heterocycles. The van der Waals surface area contributed by atoms with Crippen molar-refractivity contribution in [3.63, 3.8) is 0 Å². The highest BCUT2D eigenvalue weighted by molar-refractivity contribution is 5.83. The highest BCUT2D eigenvalue weighted by Gasteiger charge is 2.17. The number of aryl methyl sites for hydroxylation is 1.